The van der Waals surface area contributed by atoms with E-state index in [4.69, 9.17) is 21.1 Å². The molecule has 4 nitrogen and oxygen atoms in total. The number of nitrogens with one attached hydrogen (secondary N) is 1. The lowest BCUT2D eigenvalue weighted by atomic mass is 9.94. The molecule has 0 fully saturated rings. The molecule has 5 heteroatoms. The maximum absolute atomic E-state index is 12.2. The predicted molar refractivity (Wildman–Crippen MR) is 91.1 cm³/mol. The number of carbonyl (C=O) groups is 1. The van der Waals surface area contributed by atoms with Gasteiger partial charge in [-0.2, -0.15) is 0 Å². The highest BCUT2D eigenvalue weighted by atomic mass is 35.5. The number of ether oxygens (including phenoxy) is 2. The summed E-state index contributed by atoms with van der Waals surface area (Å²) in [4.78, 5) is 12.2. The molecular formula is C18H20ClNO3. The van der Waals surface area contributed by atoms with Crippen LogP contribution < -0.4 is 14.8 Å². The molecule has 0 aliphatic rings. The number of benzene rings is 2. The van der Waals surface area contributed by atoms with E-state index in [1.807, 2.05) is 44.2 Å². The van der Waals surface area contributed by atoms with E-state index in [0.29, 0.717) is 16.5 Å². The molecule has 1 N–H and O–H groups in total. The van der Waals surface area contributed by atoms with Crippen LogP contribution in [0.4, 0.5) is 0 Å². The second-order valence-electron chi connectivity index (χ2n) is 5.62. The topological polar surface area (TPSA) is 47.6 Å². The molecule has 0 atom stereocenters. The molecule has 122 valence electrons. The highest BCUT2D eigenvalue weighted by Crippen LogP contribution is 2.26. The Labute approximate surface area is 141 Å². The summed E-state index contributed by atoms with van der Waals surface area (Å²) < 4.78 is 10.7. The van der Waals surface area contributed by atoms with Crippen LogP contribution in [0.1, 0.15) is 19.4 Å². The number of rotatable bonds is 6. The summed E-state index contributed by atoms with van der Waals surface area (Å²) in [5.41, 5.74) is 0.377. The molecule has 0 unspecified atom stereocenters. The van der Waals surface area contributed by atoms with Crippen LogP contribution in [-0.2, 0) is 10.3 Å². The molecule has 0 aromatic heterocycles. The van der Waals surface area contributed by atoms with Crippen LogP contribution in [0.25, 0.3) is 0 Å². The van der Waals surface area contributed by atoms with Gasteiger partial charge in [0, 0.05) is 5.02 Å². The van der Waals surface area contributed by atoms with Gasteiger partial charge in [0.15, 0.2) is 18.1 Å². The zero-order valence-electron chi connectivity index (χ0n) is 13.4. The first-order valence-electron chi connectivity index (χ1n) is 7.25. The summed E-state index contributed by atoms with van der Waals surface area (Å²) in [7, 11) is 1.56. The lowest BCUT2D eigenvalue weighted by molar-refractivity contribution is -0.124. The standard InChI is InChI=1S/C18H20ClNO3/c1-18(2,13-7-6-8-14(19)11-13)20-17(21)12-23-16-10-5-4-9-15(16)22-3/h4-11H,12H2,1-3H3,(H,20,21). The second kappa shape index (κ2) is 7.38. The van der Waals surface area contributed by atoms with Crippen molar-refractivity contribution in [2.45, 2.75) is 19.4 Å². The normalized spacial score (nSPS) is 11.0. The number of amides is 1. The first-order valence-corrected chi connectivity index (χ1v) is 7.63. The van der Waals surface area contributed by atoms with Crippen molar-refractivity contribution >= 4 is 17.5 Å². The van der Waals surface area contributed by atoms with Crippen LogP contribution >= 0.6 is 11.6 Å². The van der Waals surface area contributed by atoms with E-state index >= 15 is 0 Å². The number of methoxy groups -OCH3 is 1. The van der Waals surface area contributed by atoms with Gasteiger partial charge in [-0.1, -0.05) is 35.9 Å². The molecule has 0 saturated carbocycles. The molecular weight excluding hydrogens is 314 g/mol. The second-order valence-corrected chi connectivity index (χ2v) is 6.06. The highest BCUT2D eigenvalue weighted by molar-refractivity contribution is 6.30. The Morgan fingerprint density at radius 1 is 1.13 bits per heavy atom. The maximum atomic E-state index is 12.2. The van der Waals surface area contributed by atoms with Gasteiger partial charge >= 0.3 is 0 Å². The summed E-state index contributed by atoms with van der Waals surface area (Å²) in [6.07, 6.45) is 0. The molecule has 0 bridgehead atoms. The molecule has 1 amide bonds. The summed E-state index contributed by atoms with van der Waals surface area (Å²) in [5, 5.41) is 3.58. The van der Waals surface area contributed by atoms with E-state index in [-0.39, 0.29) is 12.5 Å². The fourth-order valence-electron chi connectivity index (χ4n) is 2.22. The van der Waals surface area contributed by atoms with Crippen LogP contribution in [0.3, 0.4) is 0 Å². The summed E-state index contributed by atoms with van der Waals surface area (Å²) >= 11 is 6.01. The Bertz CT molecular complexity index is 685. The monoisotopic (exact) mass is 333 g/mol. The van der Waals surface area contributed by atoms with Gasteiger partial charge in [-0.05, 0) is 43.7 Å². The maximum Gasteiger partial charge on any atom is 0.258 e. The molecule has 2 rings (SSSR count). The molecule has 0 spiro atoms. The quantitative estimate of drug-likeness (QED) is 0.875. The molecule has 0 radical (unpaired) electrons. The van der Waals surface area contributed by atoms with Crippen LogP contribution in [0, 0.1) is 0 Å². The third kappa shape index (κ3) is 4.63. The molecule has 0 aliphatic heterocycles. The van der Waals surface area contributed by atoms with E-state index in [1.54, 1.807) is 25.3 Å². The lowest BCUT2D eigenvalue weighted by Crippen LogP contribution is -2.43. The number of para-hydroxylation sites is 2. The number of halogens is 1. The minimum absolute atomic E-state index is 0.0929. The first kappa shape index (κ1) is 17.2. The minimum Gasteiger partial charge on any atom is -0.493 e. The van der Waals surface area contributed by atoms with Crippen molar-refractivity contribution in [3.8, 4) is 11.5 Å². The predicted octanol–water partition coefficient (Wildman–Crippen LogP) is 3.78. The number of hydrogen-bond acceptors (Lipinski definition) is 3. The third-order valence-corrected chi connectivity index (χ3v) is 3.66. The number of carbonyl (C=O) groups excluding carboxylic acids is 1. The van der Waals surface area contributed by atoms with Gasteiger partial charge < -0.3 is 14.8 Å². The Hall–Kier alpha value is -2.20. The Morgan fingerprint density at radius 2 is 1.83 bits per heavy atom. The lowest BCUT2D eigenvalue weighted by Gasteiger charge is -2.27. The van der Waals surface area contributed by atoms with Gasteiger partial charge in [0.05, 0.1) is 12.6 Å². The van der Waals surface area contributed by atoms with E-state index < -0.39 is 5.54 Å². The van der Waals surface area contributed by atoms with Crippen molar-refractivity contribution in [2.75, 3.05) is 13.7 Å². The van der Waals surface area contributed by atoms with Gasteiger partial charge in [-0.25, -0.2) is 0 Å². The molecule has 2 aromatic rings. The van der Waals surface area contributed by atoms with Crippen molar-refractivity contribution in [2.24, 2.45) is 0 Å². The Kier molecular flexibility index (Phi) is 5.50. The molecule has 2 aromatic carbocycles. The number of hydrogen-bond donors (Lipinski definition) is 1. The zero-order chi connectivity index (χ0) is 16.9. The SMILES string of the molecule is COc1ccccc1OCC(=O)NC(C)(C)c1cccc(Cl)c1. The van der Waals surface area contributed by atoms with Gasteiger partial charge in [-0.15, -0.1) is 0 Å². The fraction of sp³-hybridized carbons (Fsp3) is 0.278. The van der Waals surface area contributed by atoms with Gasteiger partial charge in [0.1, 0.15) is 0 Å². The molecule has 0 aliphatic carbocycles. The van der Waals surface area contributed by atoms with Gasteiger partial charge in [-0.3, -0.25) is 4.79 Å². The van der Waals surface area contributed by atoms with Crippen molar-refractivity contribution in [3.05, 3.63) is 59.1 Å². The third-order valence-electron chi connectivity index (χ3n) is 3.43. The van der Waals surface area contributed by atoms with Crippen LogP contribution in [0.2, 0.25) is 5.02 Å². The summed E-state index contributed by atoms with van der Waals surface area (Å²) in [6, 6.07) is 14.6. The average Bonchev–Trinajstić information content (AvgIpc) is 2.53. The van der Waals surface area contributed by atoms with Crippen molar-refractivity contribution in [1.82, 2.24) is 5.32 Å². The minimum atomic E-state index is -0.549. The Morgan fingerprint density at radius 3 is 2.48 bits per heavy atom. The summed E-state index contributed by atoms with van der Waals surface area (Å²) in [6.45, 7) is 3.74. The van der Waals surface area contributed by atoms with E-state index in [2.05, 4.69) is 5.32 Å². The van der Waals surface area contributed by atoms with Crippen molar-refractivity contribution < 1.29 is 14.3 Å². The van der Waals surface area contributed by atoms with E-state index in [0.717, 1.165) is 5.56 Å². The largest absolute Gasteiger partial charge is 0.493 e. The van der Waals surface area contributed by atoms with E-state index in [9.17, 15) is 4.79 Å². The van der Waals surface area contributed by atoms with Crippen LogP contribution in [-0.4, -0.2) is 19.6 Å². The van der Waals surface area contributed by atoms with Crippen LogP contribution in [0.15, 0.2) is 48.5 Å². The smallest absolute Gasteiger partial charge is 0.258 e. The molecule has 23 heavy (non-hydrogen) atoms. The van der Waals surface area contributed by atoms with Crippen molar-refractivity contribution in [1.29, 1.82) is 0 Å². The molecule has 0 heterocycles. The first-order chi connectivity index (χ1) is 10.9. The van der Waals surface area contributed by atoms with Gasteiger partial charge in [0.25, 0.3) is 5.91 Å². The summed E-state index contributed by atoms with van der Waals surface area (Å²) in [5.74, 6) is 0.904. The average molecular weight is 334 g/mol. The van der Waals surface area contributed by atoms with Crippen molar-refractivity contribution in [3.63, 3.8) is 0 Å². The fourth-order valence-corrected chi connectivity index (χ4v) is 2.41. The highest BCUT2D eigenvalue weighted by Gasteiger charge is 2.23. The van der Waals surface area contributed by atoms with E-state index in [1.165, 1.54) is 0 Å². The van der Waals surface area contributed by atoms with Gasteiger partial charge in [0.2, 0.25) is 0 Å². The van der Waals surface area contributed by atoms with Crippen LogP contribution in [0.5, 0.6) is 11.5 Å². The zero-order valence-corrected chi connectivity index (χ0v) is 14.2. The Balaban J connectivity index is 1.99. The molecule has 0 saturated heterocycles.